The van der Waals surface area contributed by atoms with E-state index in [9.17, 15) is 4.79 Å². The van der Waals surface area contributed by atoms with Crippen molar-refractivity contribution in [1.82, 2.24) is 10.2 Å². The molecule has 2 saturated heterocycles. The summed E-state index contributed by atoms with van der Waals surface area (Å²) >= 11 is 0. The lowest BCUT2D eigenvalue weighted by Crippen LogP contribution is -2.55. The zero-order valence-corrected chi connectivity index (χ0v) is 20.2. The smallest absolute Gasteiger partial charge is 0.370 e. The molecule has 5 nitrogen and oxygen atoms in total. The highest BCUT2D eigenvalue weighted by molar-refractivity contribution is 5.82. The highest BCUT2D eigenvalue weighted by Crippen LogP contribution is 2.47. The maximum absolute atomic E-state index is 14.4. The Kier molecular flexibility index (Phi) is 6.06. The number of hydrogen-bond acceptors (Lipinski definition) is 3. The van der Waals surface area contributed by atoms with Crippen molar-refractivity contribution in [2.45, 2.75) is 68.7 Å². The van der Waals surface area contributed by atoms with E-state index in [1.54, 1.807) is 0 Å². The third kappa shape index (κ3) is 3.82. The van der Waals surface area contributed by atoms with Crippen molar-refractivity contribution in [3.63, 3.8) is 0 Å². The van der Waals surface area contributed by atoms with Gasteiger partial charge in [-0.1, -0.05) is 49.6 Å². The number of pyridine rings is 1. The van der Waals surface area contributed by atoms with E-state index in [0.29, 0.717) is 30.4 Å². The molecular weight excluding hydrogens is 422 g/mol. The number of carbonyl (C=O) groups excluding carboxylic acids is 1. The monoisotopic (exact) mass is 460 g/mol. The molecule has 1 spiro atoms. The van der Waals surface area contributed by atoms with Gasteiger partial charge < -0.3 is 15.0 Å². The minimum Gasteiger partial charge on any atom is -0.444 e. The molecule has 5 heteroatoms. The number of benzene rings is 1. The summed E-state index contributed by atoms with van der Waals surface area (Å²) in [5.74, 6) is 2.41. The normalized spacial score (nSPS) is 31.8. The van der Waals surface area contributed by atoms with Gasteiger partial charge in [0.05, 0.1) is 18.1 Å². The van der Waals surface area contributed by atoms with Gasteiger partial charge in [-0.2, -0.15) is 4.98 Å². The van der Waals surface area contributed by atoms with Gasteiger partial charge in [-0.15, -0.1) is 0 Å². The quantitative estimate of drug-likeness (QED) is 0.751. The Labute approximate surface area is 203 Å². The van der Waals surface area contributed by atoms with Crippen molar-refractivity contribution in [3.8, 4) is 5.88 Å². The topological polar surface area (TPSA) is 55.7 Å². The standard InChI is InChI=1S/C29H37N3O2/c33-28(25-19-30-20-29(25)14-17-34-27-24(29)12-7-15-31-27)32-16-13-23(21-8-3-1-4-9-21)18-26(32)22-10-5-2-6-11-22/h1,3-4,7-9,12,15,22-23,25-26,30H,2,5-6,10-11,13-14,16-20H2/p+1/t23-,25+,26+,29+/m1/s1. The fraction of sp³-hybridized carbons (Fsp3) is 0.586. The lowest BCUT2D eigenvalue weighted by Gasteiger charge is -2.47. The lowest BCUT2D eigenvalue weighted by molar-refractivity contribution is -0.397. The summed E-state index contributed by atoms with van der Waals surface area (Å²) in [4.78, 5) is 20.0. The molecule has 1 amide bonds. The summed E-state index contributed by atoms with van der Waals surface area (Å²) in [6.45, 7) is 3.17. The number of H-pyrrole nitrogens is 1. The summed E-state index contributed by atoms with van der Waals surface area (Å²) < 4.78 is 5.95. The Morgan fingerprint density at radius 2 is 1.91 bits per heavy atom. The van der Waals surface area contributed by atoms with Crippen LogP contribution in [0.15, 0.2) is 48.7 Å². The number of fused-ring (bicyclic) bond motifs is 2. The second-order valence-electron chi connectivity index (χ2n) is 11.0. The summed E-state index contributed by atoms with van der Waals surface area (Å²) in [5.41, 5.74) is 2.46. The SMILES string of the molecule is O=C([C@@H]1CNC[C@]12CCOc1[nH+]cccc12)N1CC[C@@H](c2ccccc2)C[C@H]1C1CCCCC1. The number of carbonyl (C=O) groups is 1. The second kappa shape index (κ2) is 9.33. The van der Waals surface area contributed by atoms with Crippen molar-refractivity contribution in [3.05, 3.63) is 59.8 Å². The minimum atomic E-state index is -0.171. The molecule has 0 bridgehead atoms. The predicted octanol–water partition coefficient (Wildman–Crippen LogP) is 4.10. The van der Waals surface area contributed by atoms with Gasteiger partial charge in [0.15, 0.2) is 6.20 Å². The summed E-state index contributed by atoms with van der Waals surface area (Å²) in [6, 6.07) is 15.6. The van der Waals surface area contributed by atoms with Crippen LogP contribution in [0.25, 0.3) is 0 Å². The molecule has 4 heterocycles. The fourth-order valence-electron chi connectivity index (χ4n) is 7.50. The molecule has 0 radical (unpaired) electrons. The van der Waals surface area contributed by atoms with Gasteiger partial charge in [0.1, 0.15) is 0 Å². The molecule has 4 atom stereocenters. The predicted molar refractivity (Wildman–Crippen MR) is 132 cm³/mol. The molecule has 1 saturated carbocycles. The third-order valence-electron chi connectivity index (χ3n) is 9.30. The summed E-state index contributed by atoms with van der Waals surface area (Å²) in [5, 5.41) is 3.61. The zero-order chi connectivity index (χ0) is 23.0. The molecule has 2 N–H and O–H groups in total. The number of nitrogens with one attached hydrogen (secondary N) is 2. The Bertz CT molecular complexity index is 1010. The fourth-order valence-corrected chi connectivity index (χ4v) is 7.50. The molecule has 0 unspecified atom stereocenters. The summed E-state index contributed by atoms with van der Waals surface area (Å²) in [6.07, 6.45) is 11.5. The van der Waals surface area contributed by atoms with Gasteiger partial charge in [0.25, 0.3) is 0 Å². The van der Waals surface area contributed by atoms with E-state index in [1.165, 1.54) is 43.2 Å². The van der Waals surface area contributed by atoms with Gasteiger partial charge in [-0.3, -0.25) is 4.79 Å². The van der Waals surface area contributed by atoms with Gasteiger partial charge in [-0.25, -0.2) is 0 Å². The molecule has 6 rings (SSSR count). The average Bonchev–Trinajstić information content (AvgIpc) is 3.33. The van der Waals surface area contributed by atoms with Crippen molar-refractivity contribution in [1.29, 1.82) is 0 Å². The van der Waals surface area contributed by atoms with E-state index in [2.05, 4.69) is 51.6 Å². The number of nitrogens with zero attached hydrogens (tertiary/aromatic N) is 1. The first-order valence-electron chi connectivity index (χ1n) is 13.5. The number of ether oxygens (including phenoxy) is 1. The van der Waals surface area contributed by atoms with Crippen LogP contribution in [0.2, 0.25) is 0 Å². The van der Waals surface area contributed by atoms with Crippen LogP contribution in [-0.4, -0.2) is 43.1 Å². The number of likely N-dealkylation sites (tertiary alicyclic amines) is 1. The maximum atomic E-state index is 14.4. The minimum absolute atomic E-state index is 0.0229. The molecule has 3 aliphatic heterocycles. The van der Waals surface area contributed by atoms with Crippen LogP contribution >= 0.6 is 0 Å². The van der Waals surface area contributed by atoms with Crippen LogP contribution in [0.5, 0.6) is 5.88 Å². The number of hydrogen-bond donors (Lipinski definition) is 1. The first-order chi connectivity index (χ1) is 16.8. The highest BCUT2D eigenvalue weighted by atomic mass is 16.5. The lowest BCUT2D eigenvalue weighted by atomic mass is 9.68. The van der Waals surface area contributed by atoms with Crippen LogP contribution in [0.3, 0.4) is 0 Å². The Morgan fingerprint density at radius 1 is 1.06 bits per heavy atom. The second-order valence-corrected chi connectivity index (χ2v) is 11.0. The highest BCUT2D eigenvalue weighted by Gasteiger charge is 2.54. The van der Waals surface area contributed by atoms with E-state index in [4.69, 9.17) is 4.74 Å². The van der Waals surface area contributed by atoms with E-state index in [0.717, 1.165) is 44.8 Å². The third-order valence-corrected chi connectivity index (χ3v) is 9.30. The Morgan fingerprint density at radius 3 is 2.76 bits per heavy atom. The van der Waals surface area contributed by atoms with Crippen LogP contribution in [0.4, 0.5) is 0 Å². The molecule has 4 aliphatic rings. The van der Waals surface area contributed by atoms with E-state index < -0.39 is 0 Å². The van der Waals surface area contributed by atoms with E-state index in [1.807, 2.05) is 12.3 Å². The molecule has 34 heavy (non-hydrogen) atoms. The Balaban J connectivity index is 1.30. The zero-order valence-electron chi connectivity index (χ0n) is 20.2. The van der Waals surface area contributed by atoms with Crippen molar-refractivity contribution >= 4 is 5.91 Å². The molecule has 1 aromatic carbocycles. The molecule has 2 aromatic rings. The van der Waals surface area contributed by atoms with Crippen LogP contribution < -0.4 is 15.0 Å². The number of rotatable bonds is 3. The molecule has 3 fully saturated rings. The van der Waals surface area contributed by atoms with Gasteiger partial charge in [-0.05, 0) is 55.6 Å². The van der Waals surface area contributed by atoms with Gasteiger partial charge >= 0.3 is 5.88 Å². The Hall–Kier alpha value is -2.40. The van der Waals surface area contributed by atoms with Gasteiger partial charge in [0.2, 0.25) is 5.91 Å². The average molecular weight is 461 g/mol. The number of amides is 1. The first kappa shape index (κ1) is 22.1. The largest absolute Gasteiger partial charge is 0.444 e. The van der Waals surface area contributed by atoms with Crippen LogP contribution in [0.1, 0.15) is 68.4 Å². The number of aromatic nitrogens is 1. The first-order valence-corrected chi connectivity index (χ1v) is 13.5. The van der Waals surface area contributed by atoms with E-state index >= 15 is 0 Å². The molecule has 180 valence electrons. The van der Waals surface area contributed by atoms with E-state index in [-0.39, 0.29) is 11.3 Å². The van der Waals surface area contributed by atoms with Crippen LogP contribution in [0, 0.1) is 11.8 Å². The molecule has 1 aliphatic carbocycles. The number of aromatic amines is 1. The van der Waals surface area contributed by atoms with Crippen molar-refractivity contribution in [2.24, 2.45) is 11.8 Å². The summed E-state index contributed by atoms with van der Waals surface area (Å²) in [7, 11) is 0. The van der Waals surface area contributed by atoms with Crippen LogP contribution in [-0.2, 0) is 10.2 Å². The number of piperidine rings is 1. The van der Waals surface area contributed by atoms with Crippen molar-refractivity contribution in [2.75, 3.05) is 26.2 Å². The van der Waals surface area contributed by atoms with Gasteiger partial charge in [0, 0.05) is 37.2 Å². The molecule has 1 aromatic heterocycles. The maximum Gasteiger partial charge on any atom is 0.370 e. The molecular formula is C29H38N3O2+. The van der Waals surface area contributed by atoms with Crippen molar-refractivity contribution < 1.29 is 14.5 Å².